The summed E-state index contributed by atoms with van der Waals surface area (Å²) in [6, 6.07) is 8.08. The van der Waals surface area contributed by atoms with Gasteiger partial charge in [0.05, 0.1) is 5.25 Å². The fourth-order valence-electron chi connectivity index (χ4n) is 1.34. The number of nitrogens with one attached hydrogen (secondary N) is 1. The maximum Gasteiger partial charge on any atom is 0.233 e. The Morgan fingerprint density at radius 3 is 2.47 bits per heavy atom. The van der Waals surface area contributed by atoms with Crippen molar-refractivity contribution in [3.8, 4) is 0 Å². The molecule has 0 saturated heterocycles. The van der Waals surface area contributed by atoms with E-state index in [1.807, 2.05) is 38.1 Å². The van der Waals surface area contributed by atoms with E-state index in [0.717, 1.165) is 15.8 Å². The fourth-order valence-corrected chi connectivity index (χ4v) is 2.49. The molecule has 3 N–H and O–H groups in total. The Balaban J connectivity index is 0.00000324. The lowest BCUT2D eigenvalue weighted by atomic mass is 10.2. The van der Waals surface area contributed by atoms with Crippen molar-refractivity contribution in [3.63, 3.8) is 0 Å². The van der Waals surface area contributed by atoms with E-state index in [0.29, 0.717) is 6.54 Å². The summed E-state index contributed by atoms with van der Waals surface area (Å²) in [6.07, 6.45) is 0.807. The molecule has 0 aliphatic rings. The second kappa shape index (κ2) is 9.64. The van der Waals surface area contributed by atoms with Crippen LogP contribution in [0.1, 0.15) is 20.3 Å². The van der Waals surface area contributed by atoms with Gasteiger partial charge in [-0.05, 0) is 44.5 Å². The van der Waals surface area contributed by atoms with Crippen LogP contribution in [0.3, 0.4) is 0 Å². The number of benzene rings is 1. The lowest BCUT2D eigenvalue weighted by Crippen LogP contribution is -2.33. The van der Waals surface area contributed by atoms with Crippen LogP contribution in [-0.2, 0) is 4.79 Å². The molecule has 1 aromatic carbocycles. The molecule has 1 aromatic rings. The van der Waals surface area contributed by atoms with Gasteiger partial charge in [0.1, 0.15) is 0 Å². The first-order valence-corrected chi connectivity index (χ1v) is 7.62. The standard InChI is InChI=1S/C13H19BrN2OS.ClH/c1-9(15)7-8-16-13(17)10(2)18-12-5-3-11(14)4-6-12;/h3-6,9-10H,7-8,15H2,1-2H3,(H,16,17);1H. The Morgan fingerprint density at radius 1 is 1.37 bits per heavy atom. The lowest BCUT2D eigenvalue weighted by Gasteiger charge is -2.12. The van der Waals surface area contributed by atoms with E-state index in [-0.39, 0.29) is 29.6 Å². The molecule has 0 radical (unpaired) electrons. The molecule has 3 nitrogen and oxygen atoms in total. The first kappa shape index (κ1) is 18.8. The predicted octanol–water partition coefficient (Wildman–Crippen LogP) is 3.21. The zero-order chi connectivity index (χ0) is 13.5. The van der Waals surface area contributed by atoms with Crippen LogP contribution in [0.5, 0.6) is 0 Å². The highest BCUT2D eigenvalue weighted by atomic mass is 79.9. The quantitative estimate of drug-likeness (QED) is 0.759. The third-order valence-corrected chi connectivity index (χ3v) is 4.04. The zero-order valence-corrected chi connectivity index (χ0v) is 14.3. The average Bonchev–Trinajstić information content (AvgIpc) is 2.31. The molecule has 0 bridgehead atoms. The first-order valence-electron chi connectivity index (χ1n) is 5.94. The minimum atomic E-state index is -0.0979. The number of hydrogen-bond acceptors (Lipinski definition) is 3. The molecule has 0 fully saturated rings. The van der Waals surface area contributed by atoms with Gasteiger partial charge < -0.3 is 11.1 Å². The third-order valence-electron chi connectivity index (χ3n) is 2.39. The Labute approximate surface area is 133 Å². The van der Waals surface area contributed by atoms with Crippen LogP contribution >= 0.6 is 40.1 Å². The highest BCUT2D eigenvalue weighted by Gasteiger charge is 2.13. The van der Waals surface area contributed by atoms with Gasteiger partial charge in [-0.2, -0.15) is 0 Å². The van der Waals surface area contributed by atoms with E-state index in [1.54, 1.807) is 11.8 Å². The SMILES string of the molecule is CC(N)CCNC(=O)C(C)Sc1ccc(Br)cc1.Cl. The number of thioether (sulfide) groups is 1. The monoisotopic (exact) mass is 366 g/mol. The van der Waals surface area contributed by atoms with Crippen LogP contribution in [0, 0.1) is 0 Å². The number of halogens is 2. The molecule has 0 heterocycles. The topological polar surface area (TPSA) is 55.1 Å². The Hall–Kier alpha value is -0.230. The summed E-state index contributed by atoms with van der Waals surface area (Å²) in [5.41, 5.74) is 5.63. The number of carbonyl (C=O) groups excluding carboxylic acids is 1. The van der Waals surface area contributed by atoms with Crippen molar-refractivity contribution in [2.75, 3.05) is 6.54 Å². The van der Waals surface area contributed by atoms with Gasteiger partial charge in [0.2, 0.25) is 5.91 Å². The molecule has 108 valence electrons. The predicted molar refractivity (Wildman–Crippen MR) is 88.0 cm³/mol. The summed E-state index contributed by atoms with van der Waals surface area (Å²) in [5, 5.41) is 2.80. The van der Waals surface area contributed by atoms with E-state index in [1.165, 1.54) is 0 Å². The molecule has 0 aliphatic carbocycles. The molecular formula is C13H20BrClN2OS. The molecule has 1 rings (SSSR count). The van der Waals surface area contributed by atoms with E-state index in [2.05, 4.69) is 21.2 Å². The van der Waals surface area contributed by atoms with E-state index in [9.17, 15) is 4.79 Å². The Bertz CT molecular complexity index is 387. The van der Waals surface area contributed by atoms with Crippen molar-refractivity contribution in [1.82, 2.24) is 5.32 Å². The van der Waals surface area contributed by atoms with E-state index in [4.69, 9.17) is 5.73 Å². The molecule has 1 amide bonds. The molecule has 0 aromatic heterocycles. The normalized spacial score (nSPS) is 13.3. The molecule has 0 saturated carbocycles. The van der Waals surface area contributed by atoms with Crippen LogP contribution in [0.2, 0.25) is 0 Å². The van der Waals surface area contributed by atoms with Crippen molar-refractivity contribution in [3.05, 3.63) is 28.7 Å². The highest BCUT2D eigenvalue weighted by Crippen LogP contribution is 2.24. The average molecular weight is 368 g/mol. The highest BCUT2D eigenvalue weighted by molar-refractivity contribution is 9.10. The molecule has 19 heavy (non-hydrogen) atoms. The summed E-state index contributed by atoms with van der Waals surface area (Å²) in [5.74, 6) is 0.0589. The molecule has 0 spiro atoms. The Morgan fingerprint density at radius 2 is 1.95 bits per heavy atom. The summed E-state index contributed by atoms with van der Waals surface area (Å²) in [6.45, 7) is 4.49. The van der Waals surface area contributed by atoms with Gasteiger partial charge in [-0.15, -0.1) is 24.2 Å². The lowest BCUT2D eigenvalue weighted by molar-refractivity contribution is -0.120. The number of nitrogens with two attached hydrogens (primary N) is 1. The van der Waals surface area contributed by atoms with Gasteiger partial charge in [0.15, 0.2) is 0 Å². The van der Waals surface area contributed by atoms with Gasteiger partial charge in [0.25, 0.3) is 0 Å². The van der Waals surface area contributed by atoms with Crippen LogP contribution in [0.15, 0.2) is 33.6 Å². The van der Waals surface area contributed by atoms with Crippen molar-refractivity contribution >= 4 is 46.0 Å². The van der Waals surface area contributed by atoms with E-state index < -0.39 is 0 Å². The van der Waals surface area contributed by atoms with Gasteiger partial charge in [-0.1, -0.05) is 15.9 Å². The Kier molecular flexibility index (Phi) is 9.52. The van der Waals surface area contributed by atoms with Crippen molar-refractivity contribution < 1.29 is 4.79 Å². The summed E-state index contributed by atoms with van der Waals surface area (Å²) in [7, 11) is 0. The zero-order valence-electron chi connectivity index (χ0n) is 11.1. The molecule has 2 unspecified atom stereocenters. The first-order chi connectivity index (χ1) is 8.49. The van der Waals surface area contributed by atoms with Crippen LogP contribution < -0.4 is 11.1 Å². The fraction of sp³-hybridized carbons (Fsp3) is 0.462. The maximum absolute atomic E-state index is 11.8. The van der Waals surface area contributed by atoms with Gasteiger partial charge in [0, 0.05) is 22.0 Å². The molecule has 2 atom stereocenters. The van der Waals surface area contributed by atoms with Crippen molar-refractivity contribution in [1.29, 1.82) is 0 Å². The van der Waals surface area contributed by atoms with Crippen LogP contribution in [-0.4, -0.2) is 23.7 Å². The number of amides is 1. The van der Waals surface area contributed by atoms with Gasteiger partial charge in [-0.25, -0.2) is 0 Å². The molecular weight excluding hydrogens is 348 g/mol. The molecule has 0 aliphatic heterocycles. The number of carbonyl (C=O) groups is 1. The van der Waals surface area contributed by atoms with E-state index >= 15 is 0 Å². The van der Waals surface area contributed by atoms with Crippen molar-refractivity contribution in [2.24, 2.45) is 5.73 Å². The van der Waals surface area contributed by atoms with Crippen molar-refractivity contribution in [2.45, 2.75) is 36.5 Å². The summed E-state index contributed by atoms with van der Waals surface area (Å²) >= 11 is 4.94. The largest absolute Gasteiger partial charge is 0.355 e. The summed E-state index contributed by atoms with van der Waals surface area (Å²) < 4.78 is 1.04. The van der Waals surface area contributed by atoms with Crippen LogP contribution in [0.25, 0.3) is 0 Å². The minimum Gasteiger partial charge on any atom is -0.355 e. The second-order valence-corrected chi connectivity index (χ2v) is 6.60. The molecule has 6 heteroatoms. The number of hydrogen-bond donors (Lipinski definition) is 2. The van der Waals surface area contributed by atoms with Crippen LogP contribution in [0.4, 0.5) is 0 Å². The number of rotatable bonds is 6. The third kappa shape index (κ3) is 7.82. The summed E-state index contributed by atoms with van der Waals surface area (Å²) in [4.78, 5) is 12.9. The maximum atomic E-state index is 11.8. The minimum absolute atomic E-state index is 0. The van der Waals surface area contributed by atoms with Gasteiger partial charge in [-0.3, -0.25) is 4.79 Å². The second-order valence-electron chi connectivity index (χ2n) is 4.27. The smallest absolute Gasteiger partial charge is 0.233 e. The van der Waals surface area contributed by atoms with Gasteiger partial charge >= 0.3 is 0 Å².